The highest BCUT2D eigenvalue weighted by atomic mass is 16.1. The molecule has 0 saturated heterocycles. The molecule has 0 aliphatic carbocycles. The molecule has 2 heteroatoms. The number of aromatic nitrogens is 1. The van der Waals surface area contributed by atoms with Crippen LogP contribution in [0.15, 0.2) is 36.5 Å². The maximum Gasteiger partial charge on any atom is 0.167 e. The normalized spacial score (nSPS) is 10.4. The topological polar surface area (TPSA) is 30.0 Å². The van der Waals surface area contributed by atoms with Crippen molar-refractivity contribution in [2.45, 2.75) is 27.2 Å². The fraction of sp³-hybridized carbons (Fsp3) is 0.250. The van der Waals surface area contributed by atoms with Crippen LogP contribution in [-0.4, -0.2) is 10.8 Å². The zero-order chi connectivity index (χ0) is 13.1. The summed E-state index contributed by atoms with van der Waals surface area (Å²) in [4.78, 5) is 16.4. The van der Waals surface area contributed by atoms with Crippen molar-refractivity contribution in [3.63, 3.8) is 0 Å². The number of benzene rings is 1. The van der Waals surface area contributed by atoms with E-state index in [0.717, 1.165) is 16.8 Å². The van der Waals surface area contributed by atoms with Gasteiger partial charge in [0.15, 0.2) is 5.78 Å². The molecule has 2 rings (SSSR count). The van der Waals surface area contributed by atoms with Gasteiger partial charge in [-0.05, 0) is 49.6 Å². The van der Waals surface area contributed by atoms with Gasteiger partial charge in [0.1, 0.15) is 0 Å². The Kier molecular flexibility index (Phi) is 3.56. The average Bonchev–Trinajstić information content (AvgIpc) is 2.34. The van der Waals surface area contributed by atoms with Gasteiger partial charge >= 0.3 is 0 Å². The minimum Gasteiger partial charge on any atom is -0.294 e. The van der Waals surface area contributed by atoms with Gasteiger partial charge in [-0.25, -0.2) is 0 Å². The van der Waals surface area contributed by atoms with Gasteiger partial charge in [-0.15, -0.1) is 0 Å². The van der Waals surface area contributed by atoms with Gasteiger partial charge in [-0.3, -0.25) is 9.78 Å². The van der Waals surface area contributed by atoms with Crippen LogP contribution in [-0.2, 0) is 6.42 Å². The standard InChI is InChI=1S/C16H17NO/c1-11-5-4-6-12(2)15(11)10-16(18)14-7-8-17-13(3)9-14/h4-9H,10H2,1-3H3. The molecule has 0 bridgehead atoms. The lowest BCUT2D eigenvalue weighted by Gasteiger charge is -2.09. The van der Waals surface area contributed by atoms with Crippen LogP contribution < -0.4 is 0 Å². The summed E-state index contributed by atoms with van der Waals surface area (Å²) in [6, 6.07) is 9.74. The lowest BCUT2D eigenvalue weighted by atomic mass is 9.96. The van der Waals surface area contributed by atoms with Crippen molar-refractivity contribution in [1.82, 2.24) is 4.98 Å². The quantitative estimate of drug-likeness (QED) is 0.768. The summed E-state index contributed by atoms with van der Waals surface area (Å²) in [6.07, 6.45) is 2.15. The zero-order valence-corrected chi connectivity index (χ0v) is 11.0. The molecule has 0 unspecified atom stereocenters. The van der Waals surface area contributed by atoms with E-state index in [1.165, 1.54) is 11.1 Å². The molecule has 1 aromatic carbocycles. The predicted molar refractivity (Wildman–Crippen MR) is 72.9 cm³/mol. The van der Waals surface area contributed by atoms with E-state index in [0.29, 0.717) is 6.42 Å². The molecule has 2 nitrogen and oxygen atoms in total. The van der Waals surface area contributed by atoms with Crippen LogP contribution in [0.2, 0.25) is 0 Å². The highest BCUT2D eigenvalue weighted by molar-refractivity contribution is 5.97. The van der Waals surface area contributed by atoms with Gasteiger partial charge in [0.2, 0.25) is 0 Å². The molecular weight excluding hydrogens is 222 g/mol. The molecule has 0 amide bonds. The van der Waals surface area contributed by atoms with Gasteiger partial charge in [0.25, 0.3) is 0 Å². The molecule has 0 radical (unpaired) electrons. The Morgan fingerprint density at radius 2 is 1.78 bits per heavy atom. The summed E-state index contributed by atoms with van der Waals surface area (Å²) in [5, 5.41) is 0. The molecule has 1 heterocycles. The van der Waals surface area contributed by atoms with Gasteiger partial charge < -0.3 is 0 Å². The van der Waals surface area contributed by atoms with Crippen LogP contribution >= 0.6 is 0 Å². The maximum atomic E-state index is 12.2. The van der Waals surface area contributed by atoms with E-state index in [1.54, 1.807) is 12.3 Å². The molecule has 0 fully saturated rings. The molecule has 0 atom stereocenters. The van der Waals surface area contributed by atoms with E-state index < -0.39 is 0 Å². The van der Waals surface area contributed by atoms with Crippen molar-refractivity contribution in [3.8, 4) is 0 Å². The minimum atomic E-state index is 0.151. The lowest BCUT2D eigenvalue weighted by Crippen LogP contribution is -2.07. The van der Waals surface area contributed by atoms with Gasteiger partial charge in [-0.1, -0.05) is 18.2 Å². The third-order valence-electron chi connectivity index (χ3n) is 3.20. The van der Waals surface area contributed by atoms with Crippen LogP contribution in [0.1, 0.15) is 32.7 Å². The molecule has 0 N–H and O–H groups in total. The van der Waals surface area contributed by atoms with Crippen LogP contribution in [0.4, 0.5) is 0 Å². The first-order valence-electron chi connectivity index (χ1n) is 6.09. The summed E-state index contributed by atoms with van der Waals surface area (Å²) in [5.74, 6) is 0.151. The van der Waals surface area contributed by atoms with E-state index in [2.05, 4.69) is 4.98 Å². The molecule has 1 aromatic heterocycles. The lowest BCUT2D eigenvalue weighted by molar-refractivity contribution is 0.0992. The third-order valence-corrected chi connectivity index (χ3v) is 3.20. The number of ketones is 1. The Morgan fingerprint density at radius 3 is 2.39 bits per heavy atom. The van der Waals surface area contributed by atoms with Gasteiger partial charge in [0, 0.05) is 23.9 Å². The Morgan fingerprint density at radius 1 is 1.11 bits per heavy atom. The van der Waals surface area contributed by atoms with Crippen LogP contribution in [0.25, 0.3) is 0 Å². The van der Waals surface area contributed by atoms with Crippen molar-refractivity contribution in [1.29, 1.82) is 0 Å². The summed E-state index contributed by atoms with van der Waals surface area (Å²) >= 11 is 0. The number of pyridine rings is 1. The van der Waals surface area contributed by atoms with Crippen LogP contribution in [0, 0.1) is 20.8 Å². The van der Waals surface area contributed by atoms with Crippen molar-refractivity contribution >= 4 is 5.78 Å². The molecule has 92 valence electrons. The number of aryl methyl sites for hydroxylation is 3. The maximum absolute atomic E-state index is 12.2. The number of rotatable bonds is 3. The molecule has 2 aromatic rings. The first-order valence-corrected chi connectivity index (χ1v) is 6.09. The fourth-order valence-electron chi connectivity index (χ4n) is 2.11. The fourth-order valence-corrected chi connectivity index (χ4v) is 2.11. The monoisotopic (exact) mass is 239 g/mol. The Balaban J connectivity index is 2.27. The number of Topliss-reactive ketones (excluding diaryl/α,β-unsaturated/α-hetero) is 1. The molecular formula is C16H17NO. The van der Waals surface area contributed by atoms with Crippen LogP contribution in [0.3, 0.4) is 0 Å². The average molecular weight is 239 g/mol. The summed E-state index contributed by atoms with van der Waals surface area (Å²) in [5.41, 5.74) is 5.10. The first kappa shape index (κ1) is 12.5. The Bertz CT molecular complexity index is 567. The Hall–Kier alpha value is -1.96. The van der Waals surface area contributed by atoms with Crippen molar-refractivity contribution < 1.29 is 4.79 Å². The minimum absolute atomic E-state index is 0.151. The van der Waals surface area contributed by atoms with Crippen molar-refractivity contribution in [2.75, 3.05) is 0 Å². The largest absolute Gasteiger partial charge is 0.294 e. The van der Waals surface area contributed by atoms with E-state index in [4.69, 9.17) is 0 Å². The second kappa shape index (κ2) is 5.13. The van der Waals surface area contributed by atoms with E-state index in [9.17, 15) is 4.79 Å². The van der Waals surface area contributed by atoms with Crippen molar-refractivity contribution in [2.24, 2.45) is 0 Å². The van der Waals surface area contributed by atoms with Crippen LogP contribution in [0.5, 0.6) is 0 Å². The second-order valence-electron chi connectivity index (χ2n) is 4.66. The van der Waals surface area contributed by atoms with Crippen molar-refractivity contribution in [3.05, 3.63) is 64.5 Å². The first-order chi connectivity index (χ1) is 8.58. The predicted octanol–water partition coefficient (Wildman–Crippen LogP) is 3.43. The molecule has 18 heavy (non-hydrogen) atoms. The van der Waals surface area contributed by atoms with Gasteiger partial charge in [-0.2, -0.15) is 0 Å². The van der Waals surface area contributed by atoms with E-state index >= 15 is 0 Å². The highest BCUT2D eigenvalue weighted by Crippen LogP contribution is 2.16. The molecule has 0 saturated carbocycles. The summed E-state index contributed by atoms with van der Waals surface area (Å²) in [7, 11) is 0. The highest BCUT2D eigenvalue weighted by Gasteiger charge is 2.10. The number of hydrogen-bond donors (Lipinski definition) is 0. The van der Waals surface area contributed by atoms with Gasteiger partial charge in [0.05, 0.1) is 0 Å². The summed E-state index contributed by atoms with van der Waals surface area (Å²) in [6.45, 7) is 6.00. The smallest absolute Gasteiger partial charge is 0.167 e. The number of carbonyl (C=O) groups is 1. The molecule has 0 aliphatic rings. The molecule has 0 aliphatic heterocycles. The SMILES string of the molecule is Cc1cc(C(=O)Cc2c(C)cccc2C)ccn1. The number of nitrogens with zero attached hydrogens (tertiary/aromatic N) is 1. The number of carbonyl (C=O) groups excluding carboxylic acids is 1. The van der Waals surface area contributed by atoms with E-state index in [-0.39, 0.29) is 5.78 Å². The Labute approximate surface area is 108 Å². The summed E-state index contributed by atoms with van der Waals surface area (Å²) < 4.78 is 0. The van der Waals surface area contributed by atoms with E-state index in [1.807, 2.05) is 45.0 Å². The third kappa shape index (κ3) is 2.65. The second-order valence-corrected chi connectivity index (χ2v) is 4.66. The molecule has 0 spiro atoms. The number of hydrogen-bond acceptors (Lipinski definition) is 2. The zero-order valence-electron chi connectivity index (χ0n) is 11.0.